The van der Waals surface area contributed by atoms with E-state index < -0.39 is 33.6 Å². The van der Waals surface area contributed by atoms with Crippen molar-refractivity contribution in [3.05, 3.63) is 48.0 Å². The van der Waals surface area contributed by atoms with Crippen LogP contribution in [-0.2, 0) is 30.5 Å². The first-order chi connectivity index (χ1) is 15.4. The third kappa shape index (κ3) is 6.83. The van der Waals surface area contributed by atoms with Crippen molar-refractivity contribution in [2.24, 2.45) is 0 Å². The molecular formula is C20H21F3N4O5S. The van der Waals surface area contributed by atoms with E-state index in [1.165, 1.54) is 30.3 Å². The van der Waals surface area contributed by atoms with E-state index in [0.29, 0.717) is 32.0 Å². The first kappa shape index (κ1) is 24.3. The summed E-state index contributed by atoms with van der Waals surface area (Å²) < 4.78 is 69.8. The van der Waals surface area contributed by atoms with Gasteiger partial charge in [0.1, 0.15) is 0 Å². The second-order valence-electron chi connectivity index (χ2n) is 7.19. The molecule has 3 N–H and O–H groups in total. The highest BCUT2D eigenvalue weighted by Gasteiger charge is 2.32. The van der Waals surface area contributed by atoms with Crippen LogP contribution >= 0.6 is 0 Å². The summed E-state index contributed by atoms with van der Waals surface area (Å²) >= 11 is 0. The maximum Gasteiger partial charge on any atom is 0.416 e. The van der Waals surface area contributed by atoms with E-state index in [4.69, 9.17) is 4.74 Å². The molecule has 1 fully saturated rings. The average molecular weight is 486 g/mol. The fourth-order valence-electron chi connectivity index (χ4n) is 3.13. The molecule has 0 aromatic heterocycles. The average Bonchev–Trinajstić information content (AvgIpc) is 2.72. The van der Waals surface area contributed by atoms with Gasteiger partial charge >= 0.3 is 18.0 Å². The third-order valence-electron chi connectivity index (χ3n) is 4.55. The number of benzene rings is 2. The Morgan fingerprint density at radius 1 is 0.970 bits per heavy atom. The zero-order chi connectivity index (χ0) is 24.2. The number of carbonyl (C=O) groups excluding carboxylic acids is 2. The number of morpholine rings is 1. The number of hydrogen-bond acceptors (Lipinski definition) is 6. The van der Waals surface area contributed by atoms with Gasteiger partial charge in [-0.05, 0) is 36.4 Å². The topological polar surface area (TPSA) is 117 Å². The lowest BCUT2D eigenvalue weighted by atomic mass is 10.1. The molecule has 0 bridgehead atoms. The smallest absolute Gasteiger partial charge is 0.378 e. The van der Waals surface area contributed by atoms with E-state index in [2.05, 4.69) is 15.4 Å². The van der Waals surface area contributed by atoms with Crippen LogP contribution in [-0.4, -0.2) is 52.8 Å². The minimum Gasteiger partial charge on any atom is -0.378 e. The Kier molecular flexibility index (Phi) is 7.12. The maximum atomic E-state index is 13.2. The van der Waals surface area contributed by atoms with Crippen molar-refractivity contribution in [3.63, 3.8) is 0 Å². The molecule has 0 spiro atoms. The Bertz CT molecular complexity index is 1150. The highest BCUT2D eigenvalue weighted by Crippen LogP contribution is 2.35. The van der Waals surface area contributed by atoms with Crippen LogP contribution < -0.4 is 20.3 Å². The molecule has 2 aromatic rings. The Balaban J connectivity index is 1.79. The number of carbonyl (C=O) groups is 2. The summed E-state index contributed by atoms with van der Waals surface area (Å²) in [6, 6.07) is 8.51. The molecule has 2 aromatic carbocycles. The largest absolute Gasteiger partial charge is 0.416 e. The molecular weight excluding hydrogens is 465 g/mol. The molecule has 0 unspecified atom stereocenters. The van der Waals surface area contributed by atoms with Crippen molar-refractivity contribution >= 4 is 44.6 Å². The van der Waals surface area contributed by atoms with Crippen LogP contribution in [0.5, 0.6) is 0 Å². The van der Waals surface area contributed by atoms with Crippen molar-refractivity contribution in [3.8, 4) is 0 Å². The van der Waals surface area contributed by atoms with Crippen molar-refractivity contribution in [1.82, 2.24) is 0 Å². The lowest BCUT2D eigenvalue weighted by Gasteiger charge is -2.31. The molecule has 33 heavy (non-hydrogen) atoms. The molecule has 0 aliphatic carbocycles. The van der Waals surface area contributed by atoms with Crippen LogP contribution in [0.15, 0.2) is 42.5 Å². The van der Waals surface area contributed by atoms with Crippen molar-refractivity contribution in [2.45, 2.75) is 6.18 Å². The third-order valence-corrected chi connectivity index (χ3v) is 5.16. The van der Waals surface area contributed by atoms with Gasteiger partial charge in [0.2, 0.25) is 10.0 Å². The molecule has 3 rings (SSSR count). The van der Waals surface area contributed by atoms with Gasteiger partial charge in [-0.3, -0.25) is 14.3 Å². The van der Waals surface area contributed by atoms with E-state index in [1.54, 1.807) is 4.90 Å². The number of anilines is 4. The Morgan fingerprint density at radius 3 is 2.24 bits per heavy atom. The van der Waals surface area contributed by atoms with Crippen LogP contribution in [0.3, 0.4) is 0 Å². The summed E-state index contributed by atoms with van der Waals surface area (Å²) in [6.45, 7) is 1.54. The molecule has 13 heteroatoms. The number of halogens is 3. The number of nitrogens with one attached hydrogen (secondary N) is 3. The summed E-state index contributed by atoms with van der Waals surface area (Å²) in [7, 11) is -3.56. The molecule has 2 amide bonds. The molecule has 1 aliphatic rings. The number of nitrogens with zero attached hydrogens (tertiary/aromatic N) is 1. The van der Waals surface area contributed by atoms with E-state index in [1.807, 2.05) is 0 Å². The fraction of sp³-hybridized carbons (Fsp3) is 0.300. The van der Waals surface area contributed by atoms with Gasteiger partial charge in [0.05, 0.1) is 42.1 Å². The number of hydrogen-bond donors (Lipinski definition) is 3. The van der Waals surface area contributed by atoms with E-state index >= 15 is 0 Å². The van der Waals surface area contributed by atoms with Crippen LogP contribution in [0.2, 0.25) is 0 Å². The second-order valence-corrected chi connectivity index (χ2v) is 8.94. The molecule has 1 aliphatic heterocycles. The predicted octanol–water partition coefficient (Wildman–Crippen LogP) is 2.49. The molecule has 178 valence electrons. The van der Waals surface area contributed by atoms with Crippen molar-refractivity contribution in [2.75, 3.05) is 52.8 Å². The number of alkyl halides is 3. The molecule has 1 heterocycles. The normalized spacial score (nSPS) is 14.5. The number of ether oxygens (including phenoxy) is 1. The van der Waals surface area contributed by atoms with Gasteiger partial charge in [-0.15, -0.1) is 0 Å². The fourth-order valence-corrected chi connectivity index (χ4v) is 3.69. The van der Waals surface area contributed by atoms with Gasteiger partial charge in [-0.2, -0.15) is 13.2 Å². The SMILES string of the molecule is CS(=O)(=O)Nc1cccc(NC(=O)C(=O)Nc2cc(C(F)(F)F)ccc2N2CCOCC2)c1. The highest BCUT2D eigenvalue weighted by atomic mass is 32.2. The number of sulfonamides is 1. The lowest BCUT2D eigenvalue weighted by molar-refractivity contribution is -0.137. The van der Waals surface area contributed by atoms with Crippen molar-refractivity contribution in [1.29, 1.82) is 0 Å². The number of rotatable bonds is 5. The van der Waals surface area contributed by atoms with E-state index in [9.17, 15) is 31.2 Å². The first-order valence-electron chi connectivity index (χ1n) is 9.66. The highest BCUT2D eigenvalue weighted by molar-refractivity contribution is 7.92. The van der Waals surface area contributed by atoms with Gasteiger partial charge in [-0.25, -0.2) is 8.42 Å². The monoisotopic (exact) mass is 486 g/mol. The summed E-state index contributed by atoms with van der Waals surface area (Å²) in [5.41, 5.74) is -0.551. The zero-order valence-corrected chi connectivity index (χ0v) is 18.2. The second kappa shape index (κ2) is 9.67. The first-order valence-corrected chi connectivity index (χ1v) is 11.6. The molecule has 9 nitrogen and oxygen atoms in total. The quantitative estimate of drug-likeness (QED) is 0.560. The Hall–Kier alpha value is -3.32. The minimum atomic E-state index is -4.64. The van der Waals surface area contributed by atoms with Crippen LogP contribution in [0.25, 0.3) is 0 Å². The van der Waals surface area contributed by atoms with Crippen LogP contribution in [0.1, 0.15) is 5.56 Å². The summed E-state index contributed by atoms with van der Waals surface area (Å²) in [6.07, 6.45) is -3.69. The molecule has 0 atom stereocenters. The predicted molar refractivity (Wildman–Crippen MR) is 117 cm³/mol. The van der Waals surface area contributed by atoms with Gasteiger partial charge in [0, 0.05) is 18.8 Å². The Morgan fingerprint density at radius 2 is 1.61 bits per heavy atom. The van der Waals surface area contributed by atoms with Gasteiger partial charge < -0.3 is 20.3 Å². The van der Waals surface area contributed by atoms with E-state index in [0.717, 1.165) is 18.4 Å². The minimum absolute atomic E-state index is 0.112. The standard InChI is InChI=1S/C20H21F3N4O5S/c1-33(30,31)26-15-4-2-3-14(12-15)24-18(28)19(29)25-16-11-13(20(21,22)23)5-6-17(16)27-7-9-32-10-8-27/h2-6,11-12,26H,7-10H2,1H3,(H,24,28)(H,25,29). The summed E-state index contributed by atoms with van der Waals surface area (Å²) in [5.74, 6) is -2.33. The molecule has 0 saturated carbocycles. The van der Waals surface area contributed by atoms with Crippen LogP contribution in [0, 0.1) is 0 Å². The Labute approximate surface area is 188 Å². The number of amides is 2. The maximum absolute atomic E-state index is 13.2. The lowest BCUT2D eigenvalue weighted by Crippen LogP contribution is -2.37. The van der Waals surface area contributed by atoms with E-state index in [-0.39, 0.29) is 17.1 Å². The van der Waals surface area contributed by atoms with Crippen molar-refractivity contribution < 1.29 is 35.9 Å². The molecule has 1 saturated heterocycles. The van der Waals surface area contributed by atoms with Gasteiger partial charge in [-0.1, -0.05) is 6.07 Å². The van der Waals surface area contributed by atoms with Gasteiger partial charge in [0.15, 0.2) is 0 Å². The molecule has 0 radical (unpaired) electrons. The summed E-state index contributed by atoms with van der Waals surface area (Å²) in [5, 5.41) is 4.54. The van der Waals surface area contributed by atoms with Crippen LogP contribution in [0.4, 0.5) is 35.9 Å². The van der Waals surface area contributed by atoms with Gasteiger partial charge in [0.25, 0.3) is 0 Å². The zero-order valence-electron chi connectivity index (χ0n) is 17.4. The summed E-state index contributed by atoms with van der Waals surface area (Å²) in [4.78, 5) is 26.6.